The molecule has 24 heteroatoms. The van der Waals surface area contributed by atoms with Gasteiger partial charge < -0.3 is 64.2 Å². The molecule has 0 unspecified atom stereocenters. The summed E-state index contributed by atoms with van der Waals surface area (Å²) in [6, 6.07) is 14.9. The van der Waals surface area contributed by atoms with E-state index in [1.54, 1.807) is 41.5 Å². The molecule has 24 nitrogen and oxygen atoms in total. The van der Waals surface area contributed by atoms with Crippen molar-refractivity contribution in [3.8, 4) is 11.1 Å². The summed E-state index contributed by atoms with van der Waals surface area (Å²) in [6.07, 6.45) is 3.06. The summed E-state index contributed by atoms with van der Waals surface area (Å²) in [5.74, 6) is -4.43. The van der Waals surface area contributed by atoms with Crippen molar-refractivity contribution in [2.45, 2.75) is 237 Å². The Morgan fingerprint density at radius 3 is 1.59 bits per heavy atom. The summed E-state index contributed by atoms with van der Waals surface area (Å²) in [5.41, 5.74) is 0.929. The van der Waals surface area contributed by atoms with Gasteiger partial charge >= 0.3 is 18.2 Å². The Balaban J connectivity index is 0.776. The topological polar surface area (TPSA) is 276 Å². The summed E-state index contributed by atoms with van der Waals surface area (Å²) in [5, 5.41) is 11.4. The molecule has 8 saturated heterocycles. The molecule has 17 atom stereocenters. The van der Waals surface area contributed by atoms with Crippen LogP contribution in [0.2, 0.25) is 0 Å². The van der Waals surface area contributed by atoms with Crippen molar-refractivity contribution in [2.75, 3.05) is 52.4 Å². The van der Waals surface area contributed by atoms with Crippen molar-refractivity contribution in [3.05, 3.63) is 59.7 Å². The minimum Gasteiger partial charge on any atom is -0.459 e. The highest BCUT2D eigenvalue weighted by atomic mass is 17.3. The van der Waals surface area contributed by atoms with Crippen LogP contribution >= 0.6 is 0 Å². The minimum absolute atomic E-state index is 0.0148. The van der Waals surface area contributed by atoms with E-state index in [-0.39, 0.29) is 106 Å². The first-order valence-corrected chi connectivity index (χ1v) is 35.3. The van der Waals surface area contributed by atoms with E-state index in [1.165, 1.54) is 9.80 Å². The molecule has 10 fully saturated rings. The van der Waals surface area contributed by atoms with Crippen molar-refractivity contribution in [1.82, 2.24) is 31.1 Å². The van der Waals surface area contributed by atoms with Crippen LogP contribution in [0, 0.1) is 47.3 Å². The van der Waals surface area contributed by atoms with Crippen molar-refractivity contribution >= 4 is 41.8 Å². The van der Waals surface area contributed by atoms with Gasteiger partial charge in [-0.15, -0.1) is 0 Å². The third-order valence-corrected chi connectivity index (χ3v) is 22.0. The smallest absolute Gasteiger partial charge is 0.407 e. The number of fused-ring (bicyclic) bond motifs is 7. The zero-order valence-corrected chi connectivity index (χ0v) is 58.3. The molecule has 3 aliphatic carbocycles. The van der Waals surface area contributed by atoms with Gasteiger partial charge in [0, 0.05) is 63.3 Å². The minimum atomic E-state index is -1.10. The van der Waals surface area contributed by atoms with Gasteiger partial charge in [0.2, 0.25) is 35.2 Å². The monoisotopic (exact) mass is 1340 g/mol. The van der Waals surface area contributed by atoms with Crippen LogP contribution in [-0.2, 0) is 76.7 Å². The Bertz CT molecular complexity index is 3130. The zero-order valence-electron chi connectivity index (χ0n) is 58.3. The molecular weight excluding hydrogens is 1240 g/mol. The van der Waals surface area contributed by atoms with Crippen LogP contribution < -0.4 is 21.3 Å². The number of hydrogen-bond acceptors (Lipinski definition) is 18. The van der Waals surface area contributed by atoms with Crippen molar-refractivity contribution in [2.24, 2.45) is 47.3 Å². The first kappa shape index (κ1) is 71.3. The highest BCUT2D eigenvalue weighted by molar-refractivity contribution is 5.87. The number of unbranched alkanes of at least 4 members (excludes halogenated alkanes) is 1. The highest BCUT2D eigenvalue weighted by Gasteiger charge is 2.71. The van der Waals surface area contributed by atoms with E-state index in [0.29, 0.717) is 37.5 Å². The molecule has 6 amide bonds. The van der Waals surface area contributed by atoms with E-state index < -0.39 is 114 Å². The fourth-order valence-electron chi connectivity index (χ4n) is 17.2. The Morgan fingerprint density at radius 2 is 1.07 bits per heavy atom. The van der Waals surface area contributed by atoms with Gasteiger partial charge in [-0.2, -0.15) is 0 Å². The molecule has 2 aromatic rings. The van der Waals surface area contributed by atoms with Gasteiger partial charge in [-0.1, -0.05) is 76.2 Å². The number of benzene rings is 2. The number of amides is 6. The van der Waals surface area contributed by atoms with Crippen LogP contribution in [0.5, 0.6) is 0 Å². The molecule has 4 N–H and O–H groups in total. The molecule has 13 rings (SSSR count). The van der Waals surface area contributed by atoms with Gasteiger partial charge in [0.25, 0.3) is 0 Å². The van der Waals surface area contributed by atoms with Gasteiger partial charge in [-0.05, 0) is 171 Å². The molecule has 530 valence electrons. The van der Waals surface area contributed by atoms with Crippen molar-refractivity contribution in [1.29, 1.82) is 0 Å². The predicted molar refractivity (Wildman–Crippen MR) is 348 cm³/mol. The largest absolute Gasteiger partial charge is 0.459 e. The summed E-state index contributed by atoms with van der Waals surface area (Å²) in [6.45, 7) is 21.8. The first-order valence-electron chi connectivity index (χ1n) is 35.3. The van der Waals surface area contributed by atoms with E-state index in [4.69, 9.17) is 52.7 Å². The summed E-state index contributed by atoms with van der Waals surface area (Å²) in [7, 11) is 0. The van der Waals surface area contributed by atoms with Gasteiger partial charge in [0.15, 0.2) is 23.8 Å². The third-order valence-electron chi connectivity index (χ3n) is 22.0. The summed E-state index contributed by atoms with van der Waals surface area (Å²) in [4.78, 5) is 126. The number of alkyl carbamates (subject to hydrolysis) is 2. The molecule has 8 aliphatic heterocycles. The standard InChI is InChI=1S/C72H104N6O18/c1-42-24-26-53-44(3)56(87-63-71(53)51(42)28-30-69(11,90-63)93-95-71)37-59(80)77(36-34-74-62(83)55(23-17-18-32-75-65(84)92-68(8,9)10)76-66(85)86-41-50-48-21-15-13-19-46(48)47-20-14-16-22-49(47)50)39-58(79)73-33-35-78(40-61(82)89-67(5,6)7)60(81)38-57-45(4)54-27-25-43(2)52-29-31-70(12)91-64(88-57)72(52,54)96-94-70/h13-16,19-22,42-45,50-57,63-64H,17-18,23-41H2,1-12H3,(H,73,79)(H,74,83)(H,75,84)(H,76,85)/t42-,43-,44-,45-,51+,52+,53+,54+,55+,56-,57-,63-,64-,69-,70-,71-,72-/m1/s1. The van der Waals surface area contributed by atoms with Crippen LogP contribution in [0.1, 0.15) is 184 Å². The maximum absolute atomic E-state index is 15.1. The molecule has 0 radical (unpaired) electrons. The van der Waals surface area contributed by atoms with Crippen LogP contribution in [0.15, 0.2) is 48.5 Å². The number of esters is 1. The molecule has 4 bridgehead atoms. The highest BCUT2D eigenvalue weighted by Crippen LogP contribution is 2.63. The van der Waals surface area contributed by atoms with Crippen LogP contribution in [0.4, 0.5) is 9.59 Å². The average molecular weight is 1340 g/mol. The Hall–Kier alpha value is -5.99. The molecule has 2 aromatic carbocycles. The van der Waals surface area contributed by atoms with Crippen LogP contribution in [-0.4, -0.2) is 169 Å². The van der Waals surface area contributed by atoms with Crippen molar-refractivity contribution < 1.29 is 86.3 Å². The molecule has 0 aromatic heterocycles. The van der Waals surface area contributed by atoms with E-state index in [9.17, 15) is 28.8 Å². The lowest BCUT2D eigenvalue weighted by Crippen LogP contribution is -2.70. The van der Waals surface area contributed by atoms with E-state index in [1.807, 2.05) is 62.4 Å². The number of nitrogens with zero attached hydrogens (tertiary/aromatic N) is 2. The second kappa shape index (κ2) is 28.7. The lowest BCUT2D eigenvalue weighted by molar-refractivity contribution is -0.571. The van der Waals surface area contributed by atoms with Crippen LogP contribution in [0.25, 0.3) is 11.1 Å². The number of carbonyl (C=O) groups is 7. The number of nitrogens with one attached hydrogen (secondary N) is 4. The first-order chi connectivity index (χ1) is 45.5. The second-order valence-corrected chi connectivity index (χ2v) is 31.1. The van der Waals surface area contributed by atoms with Gasteiger partial charge in [-0.25, -0.2) is 29.1 Å². The number of carbonyl (C=O) groups excluding carboxylic acids is 7. The van der Waals surface area contributed by atoms with E-state index in [0.717, 1.165) is 60.8 Å². The van der Waals surface area contributed by atoms with E-state index in [2.05, 4.69) is 49.0 Å². The fraction of sp³-hybridized carbons (Fsp3) is 0.736. The van der Waals surface area contributed by atoms with Crippen LogP contribution in [0.3, 0.4) is 0 Å². The zero-order chi connectivity index (χ0) is 68.7. The second-order valence-electron chi connectivity index (χ2n) is 31.1. The van der Waals surface area contributed by atoms with Gasteiger partial charge in [0.1, 0.15) is 30.4 Å². The SMILES string of the molecule is C[C@H]1[C@@H](CC(=O)N(CCNC(=O)[C@H](CCCCNC(=O)OC(C)(C)C)NC(=O)OCC2c3ccccc3-c3ccccc32)CC(=O)NCCN(CC(=O)OC(C)(C)C)C(=O)C[C@H]2O[C@@H]3O[C@@]4(C)CC[C@H]5[C@H](C)CC[C@@H]([C@H]2C)[C@@]35OO4)O[C@@H]2O[C@@]3(C)CC[C@H]4[C@H](C)CC[C@@H]1[C@@]24OO3. The molecule has 2 saturated carbocycles. The molecule has 2 spiro atoms. The maximum atomic E-state index is 15.1. The lowest BCUT2D eigenvalue weighted by atomic mass is 9.57. The Labute approximate surface area is 564 Å². The van der Waals surface area contributed by atoms with Gasteiger partial charge in [0.05, 0.1) is 31.6 Å². The summed E-state index contributed by atoms with van der Waals surface area (Å²) < 4.78 is 43.9. The average Bonchev–Trinajstić information content (AvgIpc) is 1.62. The fourth-order valence-corrected chi connectivity index (χ4v) is 17.2. The Kier molecular flexibility index (Phi) is 21.3. The number of hydrogen-bond donors (Lipinski definition) is 4. The lowest BCUT2D eigenvalue weighted by Gasteiger charge is -2.60. The predicted octanol–water partition coefficient (Wildman–Crippen LogP) is 9.10. The molecule has 11 aliphatic rings. The van der Waals surface area contributed by atoms with E-state index >= 15 is 4.79 Å². The van der Waals surface area contributed by atoms with Gasteiger partial charge in [-0.3, -0.25) is 24.0 Å². The van der Waals surface area contributed by atoms with Crippen molar-refractivity contribution in [3.63, 3.8) is 0 Å². The molecule has 8 heterocycles. The quantitative estimate of drug-likeness (QED) is 0.0349. The molecular formula is C72H104N6O18. The maximum Gasteiger partial charge on any atom is 0.407 e. The summed E-state index contributed by atoms with van der Waals surface area (Å²) >= 11 is 0. The Morgan fingerprint density at radius 1 is 0.573 bits per heavy atom. The molecule has 96 heavy (non-hydrogen) atoms. The normalized spacial score (nSPS) is 33.5. The number of ether oxygens (including phenoxy) is 7. The third kappa shape index (κ3) is 15.3. The number of rotatable bonds is 23.